The van der Waals surface area contributed by atoms with Crippen LogP contribution in [0, 0.1) is 0 Å². The van der Waals surface area contributed by atoms with E-state index in [2.05, 4.69) is 39.3 Å². The van der Waals surface area contributed by atoms with Crippen LogP contribution in [0.2, 0.25) is 0 Å². The van der Waals surface area contributed by atoms with Gasteiger partial charge in [-0.25, -0.2) is 4.98 Å². The van der Waals surface area contributed by atoms with Crippen LogP contribution < -0.4 is 5.32 Å². The zero-order valence-electron chi connectivity index (χ0n) is 14.0. The van der Waals surface area contributed by atoms with Crippen LogP contribution in [0.5, 0.6) is 0 Å². The number of thiazole rings is 1. The van der Waals surface area contributed by atoms with Gasteiger partial charge in [0.2, 0.25) is 5.91 Å². The molecule has 0 aliphatic rings. The van der Waals surface area contributed by atoms with Crippen LogP contribution in [0.1, 0.15) is 9.88 Å². The van der Waals surface area contributed by atoms with Gasteiger partial charge in [-0.2, -0.15) is 0 Å². The van der Waals surface area contributed by atoms with Gasteiger partial charge in [-0.15, -0.1) is 29.3 Å². The fraction of sp³-hybridized carbons (Fsp3) is 0.263. The van der Waals surface area contributed by atoms with Crippen LogP contribution in [-0.2, 0) is 17.8 Å². The Hall–Kier alpha value is -2.02. The Morgan fingerprint density at radius 1 is 1.28 bits per heavy atom. The summed E-state index contributed by atoms with van der Waals surface area (Å²) in [6.45, 7) is 6.24. The third-order valence-corrected chi connectivity index (χ3v) is 5.67. The Labute approximate surface area is 155 Å². The van der Waals surface area contributed by atoms with Crippen molar-refractivity contribution in [3.05, 3.63) is 64.3 Å². The summed E-state index contributed by atoms with van der Waals surface area (Å²) in [5.41, 5.74) is 1.03. The average molecular weight is 372 g/mol. The van der Waals surface area contributed by atoms with Gasteiger partial charge in [0.25, 0.3) is 0 Å². The number of amides is 1. The molecule has 3 aromatic rings. The SMILES string of the molecule is C=CCN(CC(=O)NCCc1nc2ccccc2s1)Cc1cccs1. The highest BCUT2D eigenvalue weighted by atomic mass is 32.1. The van der Waals surface area contributed by atoms with Crippen LogP contribution in [0.25, 0.3) is 10.2 Å². The minimum atomic E-state index is 0.0412. The van der Waals surface area contributed by atoms with E-state index in [-0.39, 0.29) is 5.91 Å². The van der Waals surface area contributed by atoms with Gasteiger partial charge >= 0.3 is 0 Å². The third kappa shape index (κ3) is 5.22. The molecule has 0 aliphatic heterocycles. The molecular formula is C19H21N3OS2. The number of hydrogen-bond acceptors (Lipinski definition) is 5. The van der Waals surface area contributed by atoms with Gasteiger partial charge in [-0.05, 0) is 23.6 Å². The summed E-state index contributed by atoms with van der Waals surface area (Å²) in [5, 5.41) is 6.11. The van der Waals surface area contributed by atoms with E-state index >= 15 is 0 Å². The number of carbonyl (C=O) groups excluding carboxylic acids is 1. The van der Waals surface area contributed by atoms with E-state index in [9.17, 15) is 4.79 Å². The zero-order valence-corrected chi connectivity index (χ0v) is 15.6. The first kappa shape index (κ1) is 17.8. The number of rotatable bonds is 9. The van der Waals surface area contributed by atoms with E-state index in [4.69, 9.17) is 0 Å². The topological polar surface area (TPSA) is 45.2 Å². The van der Waals surface area contributed by atoms with Crippen LogP contribution in [0.15, 0.2) is 54.4 Å². The fourth-order valence-electron chi connectivity index (χ4n) is 2.59. The van der Waals surface area contributed by atoms with Gasteiger partial charge < -0.3 is 5.32 Å². The monoisotopic (exact) mass is 371 g/mol. The third-order valence-electron chi connectivity index (χ3n) is 3.71. The van der Waals surface area contributed by atoms with Crippen molar-refractivity contribution in [1.29, 1.82) is 0 Å². The second-order valence-electron chi connectivity index (χ2n) is 5.71. The second kappa shape index (κ2) is 8.89. The molecule has 4 nitrogen and oxygen atoms in total. The van der Waals surface area contributed by atoms with Gasteiger partial charge in [0.1, 0.15) is 0 Å². The molecule has 1 amide bonds. The number of thiophene rings is 1. The van der Waals surface area contributed by atoms with Crippen LogP contribution in [-0.4, -0.2) is 35.4 Å². The molecule has 1 N–H and O–H groups in total. The zero-order chi connectivity index (χ0) is 17.5. The Morgan fingerprint density at radius 2 is 2.16 bits per heavy atom. The summed E-state index contributed by atoms with van der Waals surface area (Å²) < 4.78 is 1.19. The van der Waals surface area contributed by atoms with Crippen molar-refractivity contribution in [2.75, 3.05) is 19.6 Å². The number of nitrogens with zero attached hydrogens (tertiary/aromatic N) is 2. The lowest BCUT2D eigenvalue weighted by atomic mass is 10.3. The molecule has 130 valence electrons. The van der Waals surface area contributed by atoms with Crippen molar-refractivity contribution in [2.45, 2.75) is 13.0 Å². The maximum absolute atomic E-state index is 12.2. The van der Waals surface area contributed by atoms with Crippen LogP contribution >= 0.6 is 22.7 Å². The Kier molecular flexibility index (Phi) is 6.33. The number of hydrogen-bond donors (Lipinski definition) is 1. The van der Waals surface area contributed by atoms with Gasteiger partial charge in [0.05, 0.1) is 21.8 Å². The molecule has 0 fully saturated rings. The largest absolute Gasteiger partial charge is 0.355 e. The molecule has 0 spiro atoms. The number of nitrogens with one attached hydrogen (secondary N) is 1. The number of carbonyl (C=O) groups is 1. The van der Waals surface area contributed by atoms with E-state index in [0.717, 1.165) is 23.5 Å². The van der Waals surface area contributed by atoms with Crippen molar-refractivity contribution in [1.82, 2.24) is 15.2 Å². The van der Waals surface area contributed by atoms with Gasteiger partial charge in [0, 0.05) is 30.9 Å². The predicted molar refractivity (Wildman–Crippen MR) is 106 cm³/mol. The first-order chi connectivity index (χ1) is 12.2. The number of benzene rings is 1. The van der Waals surface area contributed by atoms with Gasteiger partial charge in [-0.1, -0.05) is 24.3 Å². The number of para-hydroxylation sites is 1. The summed E-state index contributed by atoms with van der Waals surface area (Å²) in [6.07, 6.45) is 2.60. The molecule has 3 rings (SSSR count). The van der Waals surface area contributed by atoms with Crippen molar-refractivity contribution in [2.24, 2.45) is 0 Å². The standard InChI is InChI=1S/C19H21N3OS2/c1-2-11-22(13-15-6-5-12-24-15)14-18(23)20-10-9-19-21-16-7-3-4-8-17(16)25-19/h2-8,12H,1,9-11,13-14H2,(H,20,23). The lowest BCUT2D eigenvalue weighted by Gasteiger charge is -2.19. The van der Waals surface area contributed by atoms with E-state index in [1.807, 2.05) is 30.3 Å². The average Bonchev–Trinajstić information content (AvgIpc) is 3.23. The first-order valence-electron chi connectivity index (χ1n) is 8.21. The van der Waals surface area contributed by atoms with E-state index in [1.54, 1.807) is 22.7 Å². The number of fused-ring (bicyclic) bond motifs is 1. The smallest absolute Gasteiger partial charge is 0.234 e. The minimum absolute atomic E-state index is 0.0412. The highest BCUT2D eigenvalue weighted by molar-refractivity contribution is 7.18. The minimum Gasteiger partial charge on any atom is -0.355 e. The molecule has 0 saturated carbocycles. The van der Waals surface area contributed by atoms with Crippen molar-refractivity contribution < 1.29 is 4.79 Å². The predicted octanol–water partition coefficient (Wildman–Crippen LogP) is 3.70. The summed E-state index contributed by atoms with van der Waals surface area (Å²) >= 11 is 3.40. The molecule has 0 atom stereocenters. The maximum atomic E-state index is 12.2. The van der Waals surface area contributed by atoms with Gasteiger partial charge in [0.15, 0.2) is 0 Å². The molecule has 25 heavy (non-hydrogen) atoms. The number of aromatic nitrogens is 1. The molecule has 2 aromatic heterocycles. The molecule has 1 aromatic carbocycles. The molecular weight excluding hydrogens is 350 g/mol. The van der Waals surface area contributed by atoms with E-state index < -0.39 is 0 Å². The van der Waals surface area contributed by atoms with Crippen molar-refractivity contribution >= 4 is 38.8 Å². The normalized spacial score (nSPS) is 11.1. The Morgan fingerprint density at radius 3 is 2.92 bits per heavy atom. The Bertz CT molecular complexity index is 793. The highest BCUT2D eigenvalue weighted by Gasteiger charge is 2.11. The molecule has 0 unspecified atom stereocenters. The summed E-state index contributed by atoms with van der Waals surface area (Å²) in [7, 11) is 0. The summed E-state index contributed by atoms with van der Waals surface area (Å²) in [6, 6.07) is 12.2. The fourth-order valence-corrected chi connectivity index (χ4v) is 4.30. The van der Waals surface area contributed by atoms with Crippen molar-refractivity contribution in [3.8, 4) is 0 Å². The van der Waals surface area contributed by atoms with Crippen LogP contribution in [0.3, 0.4) is 0 Å². The molecule has 0 bridgehead atoms. The molecule has 0 aliphatic carbocycles. The molecule has 0 saturated heterocycles. The molecule has 0 radical (unpaired) electrons. The maximum Gasteiger partial charge on any atom is 0.234 e. The van der Waals surface area contributed by atoms with Crippen molar-refractivity contribution in [3.63, 3.8) is 0 Å². The summed E-state index contributed by atoms with van der Waals surface area (Å²) in [4.78, 5) is 20.2. The quantitative estimate of drug-likeness (QED) is 0.583. The second-order valence-corrected chi connectivity index (χ2v) is 7.86. The van der Waals surface area contributed by atoms with E-state index in [0.29, 0.717) is 19.6 Å². The van der Waals surface area contributed by atoms with E-state index in [1.165, 1.54) is 9.58 Å². The summed E-state index contributed by atoms with van der Waals surface area (Å²) in [5.74, 6) is 0.0412. The lowest BCUT2D eigenvalue weighted by Crippen LogP contribution is -2.37. The molecule has 2 heterocycles. The van der Waals surface area contributed by atoms with Gasteiger partial charge in [-0.3, -0.25) is 9.69 Å². The van der Waals surface area contributed by atoms with Crippen LogP contribution in [0.4, 0.5) is 0 Å². The first-order valence-corrected chi connectivity index (χ1v) is 9.91. The highest BCUT2D eigenvalue weighted by Crippen LogP contribution is 2.21. The lowest BCUT2D eigenvalue weighted by molar-refractivity contribution is -0.122. The Balaban J connectivity index is 1.46. The molecule has 6 heteroatoms.